The summed E-state index contributed by atoms with van der Waals surface area (Å²) in [5.74, 6) is -0.0964. The second kappa shape index (κ2) is 7.84. The van der Waals surface area contributed by atoms with Crippen LogP contribution in [0.2, 0.25) is 0 Å². The fourth-order valence-corrected chi connectivity index (χ4v) is 1.80. The minimum absolute atomic E-state index is 0.0966. The van der Waals surface area contributed by atoms with Crippen LogP contribution in [-0.2, 0) is 16.0 Å². The van der Waals surface area contributed by atoms with Crippen LogP contribution >= 0.6 is 0 Å². The number of aryl methyl sites for hydroxylation is 1. The standard InChI is InChI=1S/C17H18N2O4/c1-12-2-8-15(9-3-12)23-11-17(22)19-18-16(21)10-13-4-6-14(20)7-5-13/h2-9,20H,10-11H2,1H3,(H,18,21)(H,19,22). The number of hydrogen-bond donors (Lipinski definition) is 3. The van der Waals surface area contributed by atoms with Gasteiger partial charge >= 0.3 is 0 Å². The van der Waals surface area contributed by atoms with Crippen LogP contribution < -0.4 is 15.6 Å². The number of nitrogens with one attached hydrogen (secondary N) is 2. The lowest BCUT2D eigenvalue weighted by Crippen LogP contribution is -2.44. The molecule has 0 aromatic heterocycles. The molecule has 0 bridgehead atoms. The minimum Gasteiger partial charge on any atom is -0.508 e. The van der Waals surface area contributed by atoms with Crippen LogP contribution in [0.3, 0.4) is 0 Å². The molecule has 0 aliphatic rings. The second-order valence-corrected chi connectivity index (χ2v) is 5.04. The van der Waals surface area contributed by atoms with Crippen LogP contribution in [0.25, 0.3) is 0 Å². The first kappa shape index (κ1) is 16.4. The quantitative estimate of drug-likeness (QED) is 0.729. The normalized spacial score (nSPS) is 9.96. The van der Waals surface area contributed by atoms with Crippen LogP contribution in [0.15, 0.2) is 48.5 Å². The number of amides is 2. The van der Waals surface area contributed by atoms with Gasteiger partial charge in [0.2, 0.25) is 5.91 Å². The molecule has 0 aliphatic carbocycles. The summed E-state index contributed by atoms with van der Waals surface area (Å²) >= 11 is 0. The third-order valence-electron chi connectivity index (χ3n) is 3.03. The lowest BCUT2D eigenvalue weighted by Gasteiger charge is -2.09. The van der Waals surface area contributed by atoms with E-state index in [4.69, 9.17) is 9.84 Å². The first-order valence-corrected chi connectivity index (χ1v) is 7.08. The van der Waals surface area contributed by atoms with E-state index in [9.17, 15) is 9.59 Å². The number of hydrogen-bond acceptors (Lipinski definition) is 4. The van der Waals surface area contributed by atoms with E-state index in [-0.39, 0.29) is 24.7 Å². The zero-order valence-corrected chi connectivity index (χ0v) is 12.7. The van der Waals surface area contributed by atoms with E-state index in [0.717, 1.165) is 11.1 Å². The first-order valence-electron chi connectivity index (χ1n) is 7.08. The van der Waals surface area contributed by atoms with Crippen LogP contribution in [0.4, 0.5) is 0 Å². The minimum atomic E-state index is -0.454. The number of ether oxygens (including phenoxy) is 1. The Balaban J connectivity index is 1.70. The molecular formula is C17H18N2O4. The van der Waals surface area contributed by atoms with Crippen molar-refractivity contribution in [3.63, 3.8) is 0 Å². The second-order valence-electron chi connectivity index (χ2n) is 5.04. The van der Waals surface area contributed by atoms with Crippen molar-refractivity contribution in [1.29, 1.82) is 0 Å². The number of hydrazine groups is 1. The summed E-state index contributed by atoms with van der Waals surface area (Å²) in [7, 11) is 0. The summed E-state index contributed by atoms with van der Waals surface area (Å²) in [6.07, 6.45) is 0.0966. The molecule has 0 radical (unpaired) electrons. The number of carbonyl (C=O) groups excluding carboxylic acids is 2. The van der Waals surface area contributed by atoms with Crippen molar-refractivity contribution < 1.29 is 19.4 Å². The SMILES string of the molecule is Cc1ccc(OCC(=O)NNC(=O)Cc2ccc(O)cc2)cc1. The van der Waals surface area contributed by atoms with E-state index in [1.165, 1.54) is 12.1 Å². The van der Waals surface area contributed by atoms with Crippen molar-refractivity contribution in [1.82, 2.24) is 10.9 Å². The molecule has 120 valence electrons. The Morgan fingerprint density at radius 1 is 0.957 bits per heavy atom. The van der Waals surface area contributed by atoms with Crippen molar-refractivity contribution >= 4 is 11.8 Å². The Hall–Kier alpha value is -3.02. The number of rotatable bonds is 5. The highest BCUT2D eigenvalue weighted by molar-refractivity contribution is 5.83. The molecule has 0 saturated carbocycles. The number of aromatic hydroxyl groups is 1. The van der Waals surface area contributed by atoms with Gasteiger partial charge in [0, 0.05) is 0 Å². The van der Waals surface area contributed by atoms with E-state index in [1.807, 2.05) is 19.1 Å². The van der Waals surface area contributed by atoms with Gasteiger partial charge in [-0.1, -0.05) is 29.8 Å². The molecular weight excluding hydrogens is 296 g/mol. The molecule has 0 saturated heterocycles. The van der Waals surface area contributed by atoms with Crippen molar-refractivity contribution in [2.45, 2.75) is 13.3 Å². The van der Waals surface area contributed by atoms with E-state index >= 15 is 0 Å². The van der Waals surface area contributed by atoms with Gasteiger partial charge in [-0.2, -0.15) is 0 Å². The van der Waals surface area contributed by atoms with Gasteiger partial charge in [0.1, 0.15) is 11.5 Å². The zero-order chi connectivity index (χ0) is 16.7. The molecule has 0 heterocycles. The third kappa shape index (κ3) is 5.70. The highest BCUT2D eigenvalue weighted by Crippen LogP contribution is 2.11. The van der Waals surface area contributed by atoms with E-state index in [1.54, 1.807) is 24.3 Å². The number of phenolic OH excluding ortho intramolecular Hbond substituents is 1. The smallest absolute Gasteiger partial charge is 0.276 e. The zero-order valence-electron chi connectivity index (χ0n) is 12.7. The summed E-state index contributed by atoms with van der Waals surface area (Å²) < 4.78 is 5.30. The van der Waals surface area contributed by atoms with Gasteiger partial charge < -0.3 is 9.84 Å². The number of carbonyl (C=O) groups is 2. The summed E-state index contributed by atoms with van der Waals surface area (Å²) in [4.78, 5) is 23.3. The topological polar surface area (TPSA) is 87.7 Å². The van der Waals surface area contributed by atoms with Crippen LogP contribution in [0.5, 0.6) is 11.5 Å². The molecule has 23 heavy (non-hydrogen) atoms. The Bertz CT molecular complexity index is 666. The van der Waals surface area contributed by atoms with Gasteiger partial charge in [-0.25, -0.2) is 0 Å². The van der Waals surface area contributed by atoms with Crippen molar-refractivity contribution in [3.8, 4) is 11.5 Å². The molecule has 0 spiro atoms. The number of benzene rings is 2. The maximum Gasteiger partial charge on any atom is 0.276 e. The predicted molar refractivity (Wildman–Crippen MR) is 84.8 cm³/mol. The van der Waals surface area contributed by atoms with Gasteiger partial charge in [0.15, 0.2) is 6.61 Å². The van der Waals surface area contributed by atoms with E-state index in [2.05, 4.69) is 10.9 Å². The molecule has 3 N–H and O–H groups in total. The monoisotopic (exact) mass is 314 g/mol. The number of phenols is 1. The summed E-state index contributed by atoms with van der Waals surface area (Å²) in [5, 5.41) is 9.16. The molecule has 0 aliphatic heterocycles. The molecule has 2 rings (SSSR count). The summed E-state index contributed by atoms with van der Waals surface area (Å²) in [6.45, 7) is 1.77. The molecule has 6 heteroatoms. The fraction of sp³-hybridized carbons (Fsp3) is 0.176. The molecule has 0 unspecified atom stereocenters. The maximum atomic E-state index is 11.7. The van der Waals surface area contributed by atoms with Crippen LogP contribution in [0, 0.1) is 6.92 Å². The molecule has 2 amide bonds. The summed E-state index contributed by atoms with van der Waals surface area (Å²) in [6, 6.07) is 13.6. The Kier molecular flexibility index (Phi) is 5.57. The Labute approximate surface area is 134 Å². The maximum absolute atomic E-state index is 11.7. The average Bonchev–Trinajstić information content (AvgIpc) is 2.54. The van der Waals surface area contributed by atoms with Gasteiger partial charge in [-0.05, 0) is 36.8 Å². The van der Waals surface area contributed by atoms with Gasteiger partial charge in [-0.3, -0.25) is 20.4 Å². The lowest BCUT2D eigenvalue weighted by atomic mass is 10.1. The van der Waals surface area contributed by atoms with E-state index in [0.29, 0.717) is 5.75 Å². The molecule has 2 aromatic rings. The predicted octanol–water partition coefficient (Wildman–Crippen LogP) is 1.47. The average molecular weight is 314 g/mol. The van der Waals surface area contributed by atoms with Gasteiger partial charge in [-0.15, -0.1) is 0 Å². The highest BCUT2D eigenvalue weighted by Gasteiger charge is 2.06. The highest BCUT2D eigenvalue weighted by atomic mass is 16.5. The molecule has 0 atom stereocenters. The van der Waals surface area contributed by atoms with Crippen LogP contribution in [0.1, 0.15) is 11.1 Å². The van der Waals surface area contributed by atoms with Crippen molar-refractivity contribution in [2.75, 3.05) is 6.61 Å². The summed E-state index contributed by atoms with van der Waals surface area (Å²) in [5.41, 5.74) is 6.42. The van der Waals surface area contributed by atoms with Crippen molar-refractivity contribution in [3.05, 3.63) is 59.7 Å². The van der Waals surface area contributed by atoms with Crippen LogP contribution in [-0.4, -0.2) is 23.5 Å². The molecule has 0 fully saturated rings. The van der Waals surface area contributed by atoms with Gasteiger partial charge in [0.05, 0.1) is 6.42 Å². The largest absolute Gasteiger partial charge is 0.508 e. The lowest BCUT2D eigenvalue weighted by molar-refractivity contribution is -0.129. The first-order chi connectivity index (χ1) is 11.0. The molecule has 6 nitrogen and oxygen atoms in total. The Morgan fingerprint density at radius 2 is 1.57 bits per heavy atom. The van der Waals surface area contributed by atoms with Crippen molar-refractivity contribution in [2.24, 2.45) is 0 Å². The fourth-order valence-electron chi connectivity index (χ4n) is 1.80. The third-order valence-corrected chi connectivity index (χ3v) is 3.03. The molecule has 2 aromatic carbocycles. The Morgan fingerprint density at radius 3 is 2.22 bits per heavy atom. The van der Waals surface area contributed by atoms with E-state index < -0.39 is 5.91 Å². The van der Waals surface area contributed by atoms with Gasteiger partial charge in [0.25, 0.3) is 5.91 Å².